The Morgan fingerprint density at radius 1 is 1.31 bits per heavy atom. The van der Waals surface area contributed by atoms with Gasteiger partial charge in [0, 0.05) is 5.41 Å². The number of rotatable bonds is 3. The van der Waals surface area contributed by atoms with E-state index in [0.717, 1.165) is 5.41 Å². The summed E-state index contributed by atoms with van der Waals surface area (Å²) in [5, 5.41) is 12.2. The van der Waals surface area contributed by atoms with E-state index < -0.39 is 33.7 Å². The molecule has 0 aromatic heterocycles. The first kappa shape index (κ1) is 11.1. The first-order valence-electron chi connectivity index (χ1n) is 4.83. The summed E-state index contributed by atoms with van der Waals surface area (Å²) in [7, 11) is -3.19. The zero-order chi connectivity index (χ0) is 11.9. The molecule has 1 fully saturated rings. The Bertz CT molecular complexity index is 466. The second kappa shape index (κ2) is 3.58. The number of carboxylic acid groups (broad SMARTS) is 1. The van der Waals surface area contributed by atoms with Gasteiger partial charge in [0.2, 0.25) is 5.91 Å². The monoisotopic (exact) mass is 245 g/mol. The SMILES string of the molecule is O=C(O)C1CC1C(=O)NC1C=CS(=O)(=O)C1. The summed E-state index contributed by atoms with van der Waals surface area (Å²) in [6.45, 7) is 0. The second-order valence-electron chi connectivity index (χ2n) is 4.06. The molecular weight excluding hydrogens is 234 g/mol. The predicted octanol–water partition coefficient (Wildman–Crippen LogP) is -0.866. The van der Waals surface area contributed by atoms with Crippen LogP contribution in [0, 0.1) is 11.8 Å². The van der Waals surface area contributed by atoms with Crippen molar-refractivity contribution in [1.82, 2.24) is 5.32 Å². The molecule has 1 aliphatic heterocycles. The lowest BCUT2D eigenvalue weighted by Gasteiger charge is -2.08. The van der Waals surface area contributed by atoms with E-state index in [1.54, 1.807) is 0 Å². The number of carboxylic acids is 1. The molecule has 1 aliphatic carbocycles. The van der Waals surface area contributed by atoms with E-state index in [2.05, 4.69) is 5.32 Å². The van der Waals surface area contributed by atoms with E-state index in [-0.39, 0.29) is 11.7 Å². The average Bonchev–Trinajstić information content (AvgIpc) is 2.87. The van der Waals surface area contributed by atoms with Crippen LogP contribution in [0.15, 0.2) is 11.5 Å². The van der Waals surface area contributed by atoms with Crippen molar-refractivity contribution in [3.05, 3.63) is 11.5 Å². The Morgan fingerprint density at radius 3 is 2.44 bits per heavy atom. The third kappa shape index (κ3) is 2.24. The highest BCUT2D eigenvalue weighted by atomic mass is 32.2. The third-order valence-corrected chi connectivity index (χ3v) is 4.10. The van der Waals surface area contributed by atoms with Crippen molar-refractivity contribution in [2.24, 2.45) is 11.8 Å². The van der Waals surface area contributed by atoms with Gasteiger partial charge in [-0.3, -0.25) is 9.59 Å². The Balaban J connectivity index is 1.87. The molecule has 1 heterocycles. The van der Waals surface area contributed by atoms with Crippen LogP contribution in [0.5, 0.6) is 0 Å². The maximum absolute atomic E-state index is 11.5. The topological polar surface area (TPSA) is 101 Å². The average molecular weight is 245 g/mol. The minimum Gasteiger partial charge on any atom is -0.481 e. The van der Waals surface area contributed by atoms with Gasteiger partial charge < -0.3 is 10.4 Å². The molecule has 1 saturated carbocycles. The lowest BCUT2D eigenvalue weighted by atomic mass is 10.2. The number of hydrogen-bond acceptors (Lipinski definition) is 4. The Kier molecular flexibility index (Phi) is 2.49. The third-order valence-electron chi connectivity index (χ3n) is 2.70. The molecule has 3 unspecified atom stereocenters. The van der Waals surface area contributed by atoms with E-state index in [1.165, 1.54) is 6.08 Å². The van der Waals surface area contributed by atoms with Crippen LogP contribution in [0.25, 0.3) is 0 Å². The molecular formula is C9H11NO5S. The van der Waals surface area contributed by atoms with Gasteiger partial charge in [0.15, 0.2) is 9.84 Å². The maximum atomic E-state index is 11.5. The van der Waals surface area contributed by atoms with Gasteiger partial charge in [0.25, 0.3) is 0 Å². The maximum Gasteiger partial charge on any atom is 0.307 e. The summed E-state index contributed by atoms with van der Waals surface area (Å²) < 4.78 is 22.1. The molecule has 0 aromatic carbocycles. The summed E-state index contributed by atoms with van der Waals surface area (Å²) in [5.41, 5.74) is 0. The highest BCUT2D eigenvalue weighted by molar-refractivity contribution is 7.94. The molecule has 0 bridgehead atoms. The summed E-state index contributed by atoms with van der Waals surface area (Å²) in [4.78, 5) is 22.0. The molecule has 88 valence electrons. The molecule has 6 nitrogen and oxygen atoms in total. The number of aliphatic carboxylic acids is 1. The first-order chi connectivity index (χ1) is 7.39. The van der Waals surface area contributed by atoms with Crippen LogP contribution in [0.4, 0.5) is 0 Å². The van der Waals surface area contributed by atoms with Crippen molar-refractivity contribution < 1.29 is 23.1 Å². The molecule has 0 spiro atoms. The van der Waals surface area contributed by atoms with Crippen LogP contribution in [0.1, 0.15) is 6.42 Å². The number of carbonyl (C=O) groups is 2. The van der Waals surface area contributed by atoms with Gasteiger partial charge in [-0.1, -0.05) is 0 Å². The predicted molar refractivity (Wildman–Crippen MR) is 54.1 cm³/mol. The standard InChI is InChI=1S/C9H11NO5S/c11-8(6-3-7(6)9(12)13)10-5-1-2-16(14,15)4-5/h1-2,5-7H,3-4H2,(H,10,11)(H,12,13). The Hall–Kier alpha value is -1.37. The minimum absolute atomic E-state index is 0.136. The normalized spacial score (nSPS) is 34.6. The molecule has 0 radical (unpaired) electrons. The highest BCUT2D eigenvalue weighted by Gasteiger charge is 2.48. The quantitative estimate of drug-likeness (QED) is 0.673. The van der Waals surface area contributed by atoms with Crippen LogP contribution in [-0.4, -0.2) is 37.2 Å². The zero-order valence-corrected chi connectivity index (χ0v) is 9.11. The summed E-state index contributed by atoms with van der Waals surface area (Å²) in [6, 6.07) is -0.521. The number of sulfone groups is 1. The lowest BCUT2D eigenvalue weighted by Crippen LogP contribution is -2.37. The van der Waals surface area contributed by atoms with E-state index in [0.29, 0.717) is 6.42 Å². The highest BCUT2D eigenvalue weighted by Crippen LogP contribution is 2.38. The summed E-state index contributed by atoms with van der Waals surface area (Å²) in [5.74, 6) is -2.60. The van der Waals surface area contributed by atoms with Crippen molar-refractivity contribution in [2.75, 3.05) is 5.75 Å². The van der Waals surface area contributed by atoms with Crippen LogP contribution in [0.3, 0.4) is 0 Å². The Morgan fingerprint density at radius 2 is 2.00 bits per heavy atom. The smallest absolute Gasteiger partial charge is 0.307 e. The minimum atomic E-state index is -3.19. The zero-order valence-electron chi connectivity index (χ0n) is 8.29. The van der Waals surface area contributed by atoms with Crippen LogP contribution in [-0.2, 0) is 19.4 Å². The van der Waals surface area contributed by atoms with E-state index in [4.69, 9.17) is 5.11 Å². The van der Waals surface area contributed by atoms with E-state index in [1.807, 2.05) is 0 Å². The molecule has 2 N–H and O–H groups in total. The van der Waals surface area contributed by atoms with Gasteiger partial charge in [-0.15, -0.1) is 0 Å². The molecule has 2 rings (SSSR count). The summed E-state index contributed by atoms with van der Waals surface area (Å²) in [6.07, 6.45) is 1.75. The first-order valence-corrected chi connectivity index (χ1v) is 6.55. The fraction of sp³-hybridized carbons (Fsp3) is 0.556. The van der Waals surface area contributed by atoms with Crippen molar-refractivity contribution in [3.8, 4) is 0 Å². The lowest BCUT2D eigenvalue weighted by molar-refractivity contribution is -0.140. The number of hydrogen-bond donors (Lipinski definition) is 2. The van der Waals surface area contributed by atoms with Gasteiger partial charge in [0.1, 0.15) is 0 Å². The van der Waals surface area contributed by atoms with Gasteiger partial charge in [-0.25, -0.2) is 8.42 Å². The summed E-state index contributed by atoms with van der Waals surface area (Å²) >= 11 is 0. The second-order valence-corrected chi connectivity index (χ2v) is 5.99. The largest absolute Gasteiger partial charge is 0.481 e. The fourth-order valence-electron chi connectivity index (χ4n) is 1.71. The van der Waals surface area contributed by atoms with Crippen molar-refractivity contribution in [3.63, 3.8) is 0 Å². The van der Waals surface area contributed by atoms with Gasteiger partial charge in [-0.05, 0) is 12.5 Å². The molecule has 16 heavy (non-hydrogen) atoms. The number of carbonyl (C=O) groups excluding carboxylic acids is 1. The van der Waals surface area contributed by atoms with E-state index in [9.17, 15) is 18.0 Å². The fourth-order valence-corrected chi connectivity index (χ4v) is 2.95. The molecule has 1 amide bonds. The molecule has 2 aliphatic rings. The number of nitrogens with one attached hydrogen (secondary N) is 1. The van der Waals surface area contributed by atoms with Crippen molar-refractivity contribution in [1.29, 1.82) is 0 Å². The van der Waals surface area contributed by atoms with Crippen molar-refractivity contribution in [2.45, 2.75) is 12.5 Å². The molecule has 3 atom stereocenters. The number of amides is 1. The van der Waals surface area contributed by atoms with Crippen LogP contribution < -0.4 is 5.32 Å². The van der Waals surface area contributed by atoms with Gasteiger partial charge >= 0.3 is 5.97 Å². The van der Waals surface area contributed by atoms with Crippen molar-refractivity contribution >= 4 is 21.7 Å². The Labute approximate surface area is 92.3 Å². The molecule has 0 aromatic rings. The van der Waals surface area contributed by atoms with Gasteiger partial charge in [0.05, 0.1) is 23.6 Å². The van der Waals surface area contributed by atoms with Crippen LogP contribution in [0.2, 0.25) is 0 Å². The van der Waals surface area contributed by atoms with Crippen LogP contribution >= 0.6 is 0 Å². The van der Waals surface area contributed by atoms with E-state index >= 15 is 0 Å². The molecule has 7 heteroatoms. The van der Waals surface area contributed by atoms with Gasteiger partial charge in [-0.2, -0.15) is 0 Å². The molecule has 0 saturated heterocycles.